The lowest BCUT2D eigenvalue weighted by molar-refractivity contribution is -0.146. The standard InChI is InChI=1S/2C17H19F3N2O.C14H21F3N2O.C12H20N2O2.C11H19NO2.C9H17NO2/c1-11-5-7-12(8-6-11)22-15(17(18,19)20)13(10-21-22)14(23)9-16(2,3)4;1-11-7-5-6-8-13(11)22-15(17(18,19)20)12(10-21-22)14(23)9-16(2,3)4;1-12(2,3)7-10(20)9-8-18-19(13(4,5)6)11(9)14(15,16)17;1-5-6-13-7-8-14(11(13)16)10(15)9-12(2,3)4;1-11(2,3)6-9(13)7-12-10(14)8-4-5-8;1-7(11)10-6-8(12)5-9(2,3)4/h2*5-8,10H,9H2,1-4H3;8H,7H2,1-6H3;5H,1,6-9H2,2-4H3;8H,4-7H2,1-3H3,(H,12,14);5-6H2,1-4H3,(H,10,11). The number of alkyl halides is 9. The second kappa shape index (κ2) is 38.2. The van der Waals surface area contributed by atoms with Crippen molar-refractivity contribution in [1.82, 2.24) is 49.8 Å². The van der Waals surface area contributed by atoms with E-state index in [1.807, 2.05) is 132 Å². The first-order valence-corrected chi connectivity index (χ1v) is 35.7. The number of halogens is 9. The molecule has 5 aromatic rings. The number of rotatable bonds is 18. The van der Waals surface area contributed by atoms with Gasteiger partial charge in [-0.15, -0.1) is 6.58 Å². The van der Waals surface area contributed by atoms with Crippen LogP contribution in [0.5, 0.6) is 0 Å². The first-order valence-electron chi connectivity index (χ1n) is 35.7. The van der Waals surface area contributed by atoms with Crippen LogP contribution in [-0.4, -0.2) is 125 Å². The van der Waals surface area contributed by atoms with Crippen LogP contribution in [0.1, 0.15) is 263 Å². The monoisotopic (exact) mass is 1530 g/mol. The van der Waals surface area contributed by atoms with E-state index in [0.29, 0.717) is 50.1 Å². The minimum Gasteiger partial charge on any atom is -0.349 e. The molecule has 2 aromatic carbocycles. The second-order valence-electron chi connectivity index (χ2n) is 35.5. The Labute approximate surface area is 631 Å². The molecule has 0 unspecified atom stereocenters. The number of benzene rings is 2. The summed E-state index contributed by atoms with van der Waals surface area (Å²) in [6.07, 6.45) is -5.70. The van der Waals surface area contributed by atoms with Crippen molar-refractivity contribution in [1.29, 1.82) is 0 Å². The predicted molar refractivity (Wildman–Crippen MR) is 400 cm³/mol. The van der Waals surface area contributed by atoms with E-state index >= 15 is 0 Å². The quantitative estimate of drug-likeness (QED) is 0.0473. The summed E-state index contributed by atoms with van der Waals surface area (Å²) in [5.41, 5.74) is -3.99. The highest BCUT2D eigenvalue weighted by Crippen LogP contribution is 2.40. The van der Waals surface area contributed by atoms with Crippen LogP contribution in [0.2, 0.25) is 0 Å². The smallest absolute Gasteiger partial charge is 0.349 e. The Morgan fingerprint density at radius 1 is 0.491 bits per heavy atom. The third kappa shape index (κ3) is 34.3. The van der Waals surface area contributed by atoms with Gasteiger partial charge < -0.3 is 15.5 Å². The van der Waals surface area contributed by atoms with Crippen LogP contribution in [0.15, 0.2) is 79.8 Å². The predicted octanol–water partition coefficient (Wildman–Crippen LogP) is 18.4. The van der Waals surface area contributed by atoms with Gasteiger partial charge in [-0.2, -0.15) is 54.8 Å². The summed E-state index contributed by atoms with van der Waals surface area (Å²) >= 11 is 0. The number of hydrogen-bond donors (Lipinski definition) is 2. The number of imide groups is 1. The SMILES string of the molecule is C=CCN1CCN(C(=O)CC(C)(C)C)C1=O.CC(=O)NCC(=O)CC(C)(C)C.CC(C)(C)CC(=O)CNC(=O)C1CC1.CC(C)(C)CC(=O)c1cnn(C(C)(C)C)c1C(F)(F)F.Cc1ccc(-n2ncc(C(=O)CC(C)(C)C)c2C(F)(F)F)cc1.Cc1ccccc1-n1ncc(C(=O)CC(C)(C)C)c1C(F)(F)F. The first kappa shape index (κ1) is 95.5. The van der Waals surface area contributed by atoms with Crippen LogP contribution in [-0.2, 0) is 48.0 Å². The maximum absolute atomic E-state index is 13.5. The molecule has 7 rings (SSSR count). The second-order valence-corrected chi connectivity index (χ2v) is 35.5. The molecule has 602 valence electrons. The molecule has 5 amide bonds. The first-order chi connectivity index (χ1) is 48.8. The van der Waals surface area contributed by atoms with Crippen LogP contribution in [0.3, 0.4) is 0 Å². The lowest BCUT2D eigenvalue weighted by atomic mass is 9.88. The molecular formula is C80H115F9N10O9. The van der Waals surface area contributed by atoms with Crippen molar-refractivity contribution < 1.29 is 82.7 Å². The van der Waals surface area contributed by atoms with E-state index in [-0.39, 0.29) is 118 Å². The van der Waals surface area contributed by atoms with Crippen molar-refractivity contribution in [3.8, 4) is 11.4 Å². The van der Waals surface area contributed by atoms with Crippen molar-refractivity contribution in [2.24, 2.45) is 38.4 Å². The molecular weight excluding hydrogens is 1420 g/mol. The summed E-state index contributed by atoms with van der Waals surface area (Å²) in [6, 6.07) is 13.0. The lowest BCUT2D eigenvalue weighted by Crippen LogP contribution is -2.37. The molecule has 1 saturated carbocycles. The molecule has 3 aromatic heterocycles. The highest BCUT2D eigenvalue weighted by atomic mass is 19.4. The van der Waals surface area contributed by atoms with E-state index in [1.54, 1.807) is 87.2 Å². The van der Waals surface area contributed by atoms with Crippen molar-refractivity contribution in [3.63, 3.8) is 0 Å². The molecule has 108 heavy (non-hydrogen) atoms. The Morgan fingerprint density at radius 2 is 0.870 bits per heavy atom. The number of hydrogen-bond acceptors (Lipinski definition) is 12. The molecule has 2 aliphatic rings. The summed E-state index contributed by atoms with van der Waals surface area (Å²) in [7, 11) is 0. The fourth-order valence-electron chi connectivity index (χ4n) is 10.5. The van der Waals surface area contributed by atoms with Crippen molar-refractivity contribution in [3.05, 3.63) is 125 Å². The van der Waals surface area contributed by atoms with Gasteiger partial charge in [0.2, 0.25) is 17.7 Å². The number of amides is 5. The number of nitrogens with one attached hydrogen (secondary N) is 2. The maximum Gasteiger partial charge on any atom is 0.434 e. The summed E-state index contributed by atoms with van der Waals surface area (Å²) in [4.78, 5) is 108. The molecule has 0 atom stereocenters. The van der Waals surface area contributed by atoms with E-state index in [2.05, 4.69) is 32.5 Å². The minimum absolute atomic E-state index is 0.00948. The van der Waals surface area contributed by atoms with Crippen LogP contribution >= 0.6 is 0 Å². The van der Waals surface area contributed by atoms with Crippen LogP contribution in [0, 0.1) is 52.3 Å². The molecule has 0 radical (unpaired) electrons. The van der Waals surface area contributed by atoms with Gasteiger partial charge in [0, 0.05) is 71.0 Å². The largest absolute Gasteiger partial charge is 0.434 e. The third-order valence-corrected chi connectivity index (χ3v) is 15.2. The summed E-state index contributed by atoms with van der Waals surface area (Å²) in [5, 5.41) is 16.6. The third-order valence-electron chi connectivity index (χ3n) is 15.2. The zero-order chi connectivity index (χ0) is 83.6. The lowest BCUT2D eigenvalue weighted by Gasteiger charge is -2.24. The summed E-state index contributed by atoms with van der Waals surface area (Å²) in [6.45, 7) is 49.7. The fraction of sp³-hybridized carbons (Fsp3) is 0.600. The molecule has 1 aliphatic heterocycles. The van der Waals surface area contributed by atoms with Gasteiger partial charge in [-0.3, -0.25) is 47.9 Å². The van der Waals surface area contributed by atoms with E-state index in [9.17, 15) is 82.7 Å². The summed E-state index contributed by atoms with van der Waals surface area (Å²) < 4.78 is 123. The molecule has 19 nitrogen and oxygen atoms in total. The molecule has 2 fully saturated rings. The number of ketones is 5. The van der Waals surface area contributed by atoms with E-state index in [1.165, 1.54) is 11.8 Å². The van der Waals surface area contributed by atoms with Gasteiger partial charge in [-0.1, -0.05) is 167 Å². The number of aryl methyl sites for hydroxylation is 2. The molecule has 2 N–H and O–H groups in total. The van der Waals surface area contributed by atoms with Gasteiger partial charge in [-0.05, 0) is 104 Å². The fourth-order valence-corrected chi connectivity index (χ4v) is 10.5. The number of Topliss-reactive ketones (excluding diaryl/α,β-unsaturated/α-hetero) is 5. The van der Waals surface area contributed by atoms with Crippen molar-refractivity contribution in [2.75, 3.05) is 32.7 Å². The average molecular weight is 1530 g/mol. The Bertz CT molecular complexity index is 3900. The number of para-hydroxylation sites is 1. The Hall–Kier alpha value is -8.59. The number of aromatic nitrogens is 6. The maximum atomic E-state index is 13.5. The Morgan fingerprint density at radius 3 is 1.24 bits per heavy atom. The number of nitrogens with zero attached hydrogens (tertiary/aromatic N) is 8. The highest BCUT2D eigenvalue weighted by Gasteiger charge is 2.45. The Balaban J connectivity index is 0.000000447. The molecule has 4 heterocycles. The van der Waals surface area contributed by atoms with Crippen LogP contribution in [0.4, 0.5) is 44.3 Å². The van der Waals surface area contributed by atoms with Gasteiger partial charge in [0.1, 0.15) is 0 Å². The zero-order valence-corrected chi connectivity index (χ0v) is 67.6. The van der Waals surface area contributed by atoms with Crippen LogP contribution < -0.4 is 10.6 Å². The van der Waals surface area contributed by atoms with Crippen molar-refractivity contribution >= 4 is 52.7 Å². The molecule has 1 aliphatic carbocycles. The molecule has 0 spiro atoms. The number of urea groups is 1. The minimum atomic E-state index is -4.67. The highest BCUT2D eigenvalue weighted by molar-refractivity contribution is 5.99. The van der Waals surface area contributed by atoms with Gasteiger partial charge in [0.15, 0.2) is 46.0 Å². The van der Waals surface area contributed by atoms with Gasteiger partial charge in [-0.25, -0.2) is 14.2 Å². The van der Waals surface area contributed by atoms with E-state index in [0.717, 1.165) is 51.0 Å². The van der Waals surface area contributed by atoms with E-state index in [4.69, 9.17) is 0 Å². The van der Waals surface area contributed by atoms with E-state index < -0.39 is 69.3 Å². The average Bonchev–Trinajstić information content (AvgIpc) is 1.62. The normalized spacial score (nSPS) is 13.7. The van der Waals surface area contributed by atoms with Crippen LogP contribution in [0.25, 0.3) is 11.4 Å². The molecule has 28 heteroatoms. The molecule has 1 saturated heterocycles. The van der Waals surface area contributed by atoms with Gasteiger partial charge >= 0.3 is 24.6 Å². The van der Waals surface area contributed by atoms with Gasteiger partial charge in [0.25, 0.3) is 0 Å². The summed E-state index contributed by atoms with van der Waals surface area (Å²) in [5.74, 6) is -1.43. The number of carbonyl (C=O) groups excluding carboxylic acids is 9. The van der Waals surface area contributed by atoms with Gasteiger partial charge in [0.05, 0.1) is 65.3 Å². The zero-order valence-electron chi connectivity index (χ0n) is 67.6. The number of carbonyl (C=O) groups is 9. The van der Waals surface area contributed by atoms with Crippen molar-refractivity contribution in [2.45, 2.75) is 242 Å². The molecule has 0 bridgehead atoms. The topological polar surface area (TPSA) is 238 Å². The Kier molecular flexibility index (Phi) is 33.7.